The van der Waals surface area contributed by atoms with Crippen LogP contribution in [0, 0.1) is 0 Å². The molecule has 1 amide bonds. The third-order valence-corrected chi connectivity index (χ3v) is 22.7. The number of carbonyl (C=O) groups is 1. The van der Waals surface area contributed by atoms with Crippen molar-refractivity contribution in [2.75, 3.05) is 26.4 Å². The average molecular weight is 1540 g/mol. The van der Waals surface area contributed by atoms with Gasteiger partial charge in [-0.25, -0.2) is 0 Å². The number of ether oxygens (including phenoxy) is 6. The molecule has 3 aliphatic rings. The van der Waals surface area contributed by atoms with Gasteiger partial charge in [0.25, 0.3) is 0 Å². The number of aliphatic hydroxyl groups is 11. The summed E-state index contributed by atoms with van der Waals surface area (Å²) in [6.45, 7) is 1.78. The van der Waals surface area contributed by atoms with Crippen LogP contribution in [0.5, 0.6) is 0 Å². The molecule has 19 nitrogen and oxygen atoms in total. The molecule has 0 aromatic rings. The number of rotatable bonds is 74. The summed E-state index contributed by atoms with van der Waals surface area (Å²) in [7, 11) is 0. The topological polar surface area (TPSA) is 307 Å². The van der Waals surface area contributed by atoms with Crippen LogP contribution in [0.25, 0.3) is 0 Å². The Kier molecular flexibility index (Phi) is 64.3. The van der Waals surface area contributed by atoms with Gasteiger partial charge in [-0.1, -0.05) is 365 Å². The van der Waals surface area contributed by atoms with Crippen LogP contribution in [0.3, 0.4) is 0 Å². The molecule has 3 fully saturated rings. The fourth-order valence-corrected chi connectivity index (χ4v) is 15.4. The lowest BCUT2D eigenvalue weighted by Crippen LogP contribution is -2.66. The highest BCUT2D eigenvalue weighted by molar-refractivity contribution is 5.76. The lowest BCUT2D eigenvalue weighted by molar-refractivity contribution is -0.379. The molecule has 3 saturated heterocycles. The molecule has 0 aliphatic carbocycles. The standard InChI is InChI=1S/C89H167NO18/c1-3-5-7-9-11-13-15-17-19-21-23-25-27-28-29-30-31-32-33-34-35-36-37-38-39-40-41-42-43-44-45-47-49-51-53-55-57-59-61-63-65-67-77(95)90-72(73(94)66-64-62-60-58-56-54-52-50-48-46-26-24-22-20-18-16-14-12-10-8-6-4-2)71-103-87-83(101)80(98)85(75(69-92)105-87)108-89-84(102)81(99)86(76(70-93)106-89)107-88-82(100)79(97)78(96)74(68-91)104-88/h21,23,56,58,64,66,72-76,78-89,91-94,96-102H,3-20,22,24-55,57,59-63,65,67-71H2,1-2H3,(H,90,95)/b23-21-,58-56+,66-64+. The first kappa shape index (κ1) is 100. The van der Waals surface area contributed by atoms with Crippen molar-refractivity contribution in [3.05, 3.63) is 36.5 Å². The second-order valence-corrected chi connectivity index (χ2v) is 32.4. The van der Waals surface area contributed by atoms with Crippen molar-refractivity contribution in [3.63, 3.8) is 0 Å². The van der Waals surface area contributed by atoms with Crippen LogP contribution in [-0.4, -0.2) is 193 Å². The van der Waals surface area contributed by atoms with Gasteiger partial charge in [0.2, 0.25) is 5.91 Å². The highest BCUT2D eigenvalue weighted by Gasteiger charge is 2.54. The molecule has 0 aromatic heterocycles. The van der Waals surface area contributed by atoms with Gasteiger partial charge in [-0.3, -0.25) is 4.79 Å². The lowest BCUT2D eigenvalue weighted by Gasteiger charge is -2.48. The van der Waals surface area contributed by atoms with Crippen molar-refractivity contribution >= 4 is 5.91 Å². The molecule has 0 radical (unpaired) electrons. The highest BCUT2D eigenvalue weighted by Crippen LogP contribution is 2.34. The van der Waals surface area contributed by atoms with Gasteiger partial charge in [0.15, 0.2) is 18.9 Å². The molecule has 3 rings (SSSR count). The average Bonchev–Trinajstić information content (AvgIpc) is 0.787. The Morgan fingerprint density at radius 1 is 0.324 bits per heavy atom. The summed E-state index contributed by atoms with van der Waals surface area (Å²) in [5.74, 6) is -0.277. The Balaban J connectivity index is 1.29. The van der Waals surface area contributed by atoms with Gasteiger partial charge >= 0.3 is 0 Å². The van der Waals surface area contributed by atoms with E-state index >= 15 is 0 Å². The summed E-state index contributed by atoms with van der Waals surface area (Å²) in [6.07, 6.45) is 61.8. The van der Waals surface area contributed by atoms with E-state index in [1.165, 1.54) is 321 Å². The number of hydrogen-bond donors (Lipinski definition) is 12. The number of nitrogens with one attached hydrogen (secondary N) is 1. The Bertz CT molecular complexity index is 2090. The zero-order valence-electron chi connectivity index (χ0n) is 68.6. The molecule has 3 aliphatic heterocycles. The summed E-state index contributed by atoms with van der Waals surface area (Å²) in [5.41, 5.74) is 0. The molecule has 12 N–H and O–H groups in total. The molecule has 636 valence electrons. The molecule has 17 unspecified atom stereocenters. The van der Waals surface area contributed by atoms with Crippen molar-refractivity contribution < 1.29 is 89.4 Å². The molecule has 0 spiro atoms. The first-order chi connectivity index (χ1) is 52.8. The van der Waals surface area contributed by atoms with Gasteiger partial charge < -0.3 is 89.9 Å². The predicted octanol–water partition coefficient (Wildman–Crippen LogP) is 17.0. The molecule has 0 aromatic carbocycles. The van der Waals surface area contributed by atoms with Gasteiger partial charge in [0.05, 0.1) is 38.6 Å². The molecular weight excluding hydrogens is 1370 g/mol. The monoisotopic (exact) mass is 1540 g/mol. The maximum absolute atomic E-state index is 13.5. The summed E-state index contributed by atoms with van der Waals surface area (Å²) in [6, 6.07) is -0.990. The number of unbranched alkanes of at least 4 members (excludes halogenated alkanes) is 54. The minimum absolute atomic E-state index is 0.240. The van der Waals surface area contributed by atoms with Crippen molar-refractivity contribution in [2.45, 2.75) is 497 Å². The van der Waals surface area contributed by atoms with Gasteiger partial charge in [-0.15, -0.1) is 0 Å². The molecule has 3 heterocycles. The van der Waals surface area contributed by atoms with Crippen LogP contribution in [0.4, 0.5) is 0 Å². The minimum Gasteiger partial charge on any atom is -0.394 e. The Morgan fingerprint density at radius 2 is 0.593 bits per heavy atom. The van der Waals surface area contributed by atoms with E-state index in [2.05, 4.69) is 43.5 Å². The molecule has 0 bridgehead atoms. The van der Waals surface area contributed by atoms with E-state index < -0.39 is 124 Å². The van der Waals surface area contributed by atoms with Crippen molar-refractivity contribution in [1.29, 1.82) is 0 Å². The van der Waals surface area contributed by atoms with E-state index in [-0.39, 0.29) is 18.9 Å². The summed E-state index contributed by atoms with van der Waals surface area (Å²) in [5, 5.41) is 121. The van der Waals surface area contributed by atoms with Crippen LogP contribution in [0.1, 0.15) is 393 Å². The number of allylic oxidation sites excluding steroid dienone is 5. The quantitative estimate of drug-likeness (QED) is 0.0199. The van der Waals surface area contributed by atoms with Crippen LogP contribution in [0.15, 0.2) is 36.5 Å². The van der Waals surface area contributed by atoms with Gasteiger partial charge in [0.1, 0.15) is 73.2 Å². The van der Waals surface area contributed by atoms with Crippen molar-refractivity contribution in [1.82, 2.24) is 5.32 Å². The smallest absolute Gasteiger partial charge is 0.220 e. The summed E-state index contributed by atoms with van der Waals surface area (Å²) < 4.78 is 34.5. The van der Waals surface area contributed by atoms with E-state index in [1.807, 2.05) is 6.08 Å². The third-order valence-electron chi connectivity index (χ3n) is 22.7. The number of carbonyl (C=O) groups excluding carboxylic acids is 1. The number of hydrogen-bond acceptors (Lipinski definition) is 18. The summed E-state index contributed by atoms with van der Waals surface area (Å²) in [4.78, 5) is 13.5. The summed E-state index contributed by atoms with van der Waals surface area (Å²) >= 11 is 0. The van der Waals surface area contributed by atoms with E-state index in [9.17, 15) is 61.0 Å². The number of amides is 1. The first-order valence-corrected chi connectivity index (χ1v) is 45.2. The van der Waals surface area contributed by atoms with Gasteiger partial charge in [-0.05, 0) is 57.8 Å². The maximum Gasteiger partial charge on any atom is 0.220 e. The molecule has 17 atom stereocenters. The van der Waals surface area contributed by atoms with E-state index in [1.54, 1.807) is 6.08 Å². The fourth-order valence-electron chi connectivity index (χ4n) is 15.4. The predicted molar refractivity (Wildman–Crippen MR) is 434 cm³/mol. The molecular formula is C89H167NO18. The third kappa shape index (κ3) is 47.8. The van der Waals surface area contributed by atoms with Gasteiger partial charge in [0, 0.05) is 6.42 Å². The lowest BCUT2D eigenvalue weighted by atomic mass is 9.96. The normalized spacial score (nSPS) is 25.5. The van der Waals surface area contributed by atoms with Crippen molar-refractivity contribution in [3.8, 4) is 0 Å². The molecule has 108 heavy (non-hydrogen) atoms. The second kappa shape index (κ2) is 69.3. The Labute approximate surface area is 657 Å². The Morgan fingerprint density at radius 3 is 0.926 bits per heavy atom. The van der Waals surface area contributed by atoms with Crippen LogP contribution in [-0.2, 0) is 33.2 Å². The Hall–Kier alpha value is -1.99. The zero-order valence-corrected chi connectivity index (χ0v) is 68.6. The molecule has 0 saturated carbocycles. The second-order valence-electron chi connectivity index (χ2n) is 32.4. The fraction of sp³-hybridized carbons (Fsp3) is 0.921. The largest absolute Gasteiger partial charge is 0.394 e. The van der Waals surface area contributed by atoms with Crippen molar-refractivity contribution in [2.24, 2.45) is 0 Å². The van der Waals surface area contributed by atoms with Crippen LogP contribution >= 0.6 is 0 Å². The zero-order chi connectivity index (χ0) is 78.1. The van der Waals surface area contributed by atoms with Crippen LogP contribution < -0.4 is 5.32 Å². The van der Waals surface area contributed by atoms with Crippen LogP contribution in [0.2, 0.25) is 0 Å². The SMILES string of the molecule is CCCCCCCCCC/C=C\CCCCCCCCCCCCCCCCCCCCCCCCCCCCCCCC(=O)NC(COC1OC(CO)C(OC2OC(CO)C(OC3OC(CO)C(O)C(O)C3O)C(O)C2O)C(O)C1O)C(O)/C=C/CC/C=C/CCCCCCCCCCCCCCCCCC. The maximum atomic E-state index is 13.5. The van der Waals surface area contributed by atoms with E-state index in [4.69, 9.17) is 28.4 Å². The highest BCUT2D eigenvalue weighted by atomic mass is 16.8. The minimum atomic E-state index is -1.98. The first-order valence-electron chi connectivity index (χ1n) is 45.2. The van der Waals surface area contributed by atoms with Gasteiger partial charge in [-0.2, -0.15) is 0 Å². The molecule has 19 heteroatoms. The van der Waals surface area contributed by atoms with E-state index in [0.717, 1.165) is 38.5 Å². The van der Waals surface area contributed by atoms with E-state index in [0.29, 0.717) is 12.8 Å². The number of aliphatic hydroxyl groups excluding tert-OH is 11.